The summed E-state index contributed by atoms with van der Waals surface area (Å²) in [6, 6.07) is 7.08. The molecule has 2 aliphatic rings. The second-order valence-corrected chi connectivity index (χ2v) is 6.93. The molecule has 1 amide bonds. The van der Waals surface area contributed by atoms with E-state index in [1.165, 1.54) is 0 Å². The number of allylic oxidation sites excluding steroid dienone is 1. The van der Waals surface area contributed by atoms with Gasteiger partial charge >= 0.3 is 5.97 Å². The largest absolute Gasteiger partial charge is 0.463 e. The number of nitrogens with zero attached hydrogens (tertiary/aromatic N) is 1. The third-order valence-electron chi connectivity index (χ3n) is 4.71. The highest BCUT2D eigenvalue weighted by Gasteiger charge is 2.33. The Kier molecular flexibility index (Phi) is 5.27. The quantitative estimate of drug-likeness (QED) is 0.611. The molecule has 1 aromatic rings. The molecule has 138 valence electrons. The van der Waals surface area contributed by atoms with Crippen molar-refractivity contribution in [3.8, 4) is 0 Å². The molecule has 7 heteroatoms. The van der Waals surface area contributed by atoms with E-state index in [1.807, 2.05) is 38.2 Å². The predicted octanol–water partition coefficient (Wildman–Crippen LogP) is 2.73. The van der Waals surface area contributed by atoms with Gasteiger partial charge in [-0.25, -0.2) is 4.79 Å². The van der Waals surface area contributed by atoms with E-state index in [1.54, 1.807) is 11.8 Å². The number of ether oxygens (including phenoxy) is 1. The molecule has 0 saturated heterocycles. The summed E-state index contributed by atoms with van der Waals surface area (Å²) in [6.45, 7) is 3.95. The first-order valence-electron chi connectivity index (χ1n) is 8.75. The third kappa shape index (κ3) is 3.72. The molecule has 0 radical (unpaired) electrons. The number of hydrogen-bond acceptors (Lipinski definition) is 4. The highest BCUT2D eigenvalue weighted by molar-refractivity contribution is 7.80. The van der Waals surface area contributed by atoms with Gasteiger partial charge in [0, 0.05) is 24.4 Å². The lowest BCUT2D eigenvalue weighted by atomic mass is 9.95. The lowest BCUT2D eigenvalue weighted by Crippen LogP contribution is -2.46. The van der Waals surface area contributed by atoms with Crippen molar-refractivity contribution in [1.82, 2.24) is 10.2 Å². The van der Waals surface area contributed by atoms with Gasteiger partial charge < -0.3 is 20.3 Å². The van der Waals surface area contributed by atoms with E-state index >= 15 is 0 Å². The van der Waals surface area contributed by atoms with E-state index < -0.39 is 0 Å². The third-order valence-corrected chi connectivity index (χ3v) is 5.10. The number of rotatable bonds is 5. The molecule has 0 bridgehead atoms. The summed E-state index contributed by atoms with van der Waals surface area (Å²) >= 11 is 5.38. The van der Waals surface area contributed by atoms with Crippen LogP contribution in [0, 0.1) is 5.92 Å². The molecule has 1 heterocycles. The summed E-state index contributed by atoms with van der Waals surface area (Å²) in [6.07, 6.45) is 1.93. The Morgan fingerprint density at radius 1 is 1.31 bits per heavy atom. The van der Waals surface area contributed by atoms with Crippen LogP contribution in [0.3, 0.4) is 0 Å². The average Bonchev–Trinajstić information content (AvgIpc) is 3.45. The molecule has 1 saturated carbocycles. The molecule has 0 spiro atoms. The van der Waals surface area contributed by atoms with Crippen molar-refractivity contribution in [2.24, 2.45) is 5.92 Å². The first kappa shape index (κ1) is 18.4. The van der Waals surface area contributed by atoms with E-state index in [0.717, 1.165) is 29.8 Å². The molecular formula is C19H23N3O3S. The molecule has 1 aliphatic carbocycles. The van der Waals surface area contributed by atoms with E-state index in [4.69, 9.17) is 17.0 Å². The molecule has 1 atom stereocenters. The van der Waals surface area contributed by atoms with Crippen LogP contribution in [0.15, 0.2) is 35.5 Å². The fraction of sp³-hybridized carbons (Fsp3) is 0.421. The number of benzene rings is 1. The predicted molar refractivity (Wildman–Crippen MR) is 103 cm³/mol. The van der Waals surface area contributed by atoms with Gasteiger partial charge in [-0.15, -0.1) is 0 Å². The van der Waals surface area contributed by atoms with Crippen LogP contribution in [0.1, 0.15) is 38.3 Å². The smallest absolute Gasteiger partial charge is 0.338 e. The van der Waals surface area contributed by atoms with Crippen LogP contribution in [0.4, 0.5) is 5.69 Å². The summed E-state index contributed by atoms with van der Waals surface area (Å²) in [4.78, 5) is 26.1. The molecule has 1 aromatic carbocycles. The molecule has 2 N–H and O–H groups in total. The Morgan fingerprint density at radius 3 is 2.54 bits per heavy atom. The zero-order chi connectivity index (χ0) is 18.8. The SMILES string of the molecule is CCOC(=O)C1=C(C)N(C)C(=S)N[C@H]1c1ccc(NC(=O)C2CC2)cc1. The van der Waals surface area contributed by atoms with Crippen molar-refractivity contribution in [1.29, 1.82) is 0 Å². The van der Waals surface area contributed by atoms with Crippen LogP contribution in [0.5, 0.6) is 0 Å². The molecule has 26 heavy (non-hydrogen) atoms. The van der Waals surface area contributed by atoms with Gasteiger partial charge in [-0.3, -0.25) is 4.79 Å². The second-order valence-electron chi connectivity index (χ2n) is 6.55. The first-order chi connectivity index (χ1) is 12.4. The zero-order valence-electron chi connectivity index (χ0n) is 15.2. The van der Waals surface area contributed by atoms with E-state index in [2.05, 4.69) is 10.6 Å². The van der Waals surface area contributed by atoms with E-state index in [-0.39, 0.29) is 23.8 Å². The van der Waals surface area contributed by atoms with Gasteiger partial charge in [0.1, 0.15) is 0 Å². The van der Waals surface area contributed by atoms with E-state index in [0.29, 0.717) is 17.3 Å². The molecular weight excluding hydrogens is 350 g/mol. The second kappa shape index (κ2) is 7.45. The van der Waals surface area contributed by atoms with Crippen molar-refractivity contribution in [2.45, 2.75) is 32.7 Å². The van der Waals surface area contributed by atoms with E-state index in [9.17, 15) is 9.59 Å². The molecule has 0 aromatic heterocycles. The van der Waals surface area contributed by atoms with Gasteiger partial charge in [-0.2, -0.15) is 0 Å². The standard InChI is InChI=1S/C19H23N3O3S/c1-4-25-18(24)15-11(2)22(3)19(26)21-16(15)12-7-9-14(10-8-12)20-17(23)13-5-6-13/h7-10,13,16H,4-6H2,1-3H3,(H,20,23)(H,21,26)/t16-/m0/s1. The monoisotopic (exact) mass is 373 g/mol. The lowest BCUT2D eigenvalue weighted by Gasteiger charge is -2.35. The van der Waals surface area contributed by atoms with Gasteiger partial charge in [0.2, 0.25) is 5.91 Å². The Bertz CT molecular complexity index is 769. The van der Waals surface area contributed by atoms with Crippen molar-refractivity contribution in [3.63, 3.8) is 0 Å². The number of hydrogen-bond donors (Lipinski definition) is 2. The minimum Gasteiger partial charge on any atom is -0.463 e. The van der Waals surface area contributed by atoms with Crippen LogP contribution in [0.25, 0.3) is 0 Å². The molecule has 1 aliphatic heterocycles. The number of carbonyl (C=O) groups excluding carboxylic acids is 2. The average molecular weight is 373 g/mol. The van der Waals surface area contributed by atoms with Crippen LogP contribution in [0.2, 0.25) is 0 Å². The van der Waals surface area contributed by atoms with Crippen molar-refractivity contribution < 1.29 is 14.3 Å². The first-order valence-corrected chi connectivity index (χ1v) is 9.16. The maximum Gasteiger partial charge on any atom is 0.338 e. The minimum absolute atomic E-state index is 0.0688. The van der Waals surface area contributed by atoms with Crippen molar-refractivity contribution >= 4 is 34.9 Å². The lowest BCUT2D eigenvalue weighted by molar-refractivity contribution is -0.139. The van der Waals surface area contributed by atoms with Gasteiger partial charge in [-0.05, 0) is 56.6 Å². The van der Waals surface area contributed by atoms with Crippen LogP contribution < -0.4 is 10.6 Å². The maximum atomic E-state index is 12.5. The molecule has 1 fully saturated rings. The Balaban J connectivity index is 1.86. The Morgan fingerprint density at radius 2 is 1.96 bits per heavy atom. The summed E-state index contributed by atoms with van der Waals surface area (Å²) in [5, 5.41) is 6.67. The summed E-state index contributed by atoms with van der Waals surface area (Å²) < 4.78 is 5.23. The Labute approximate surface area is 158 Å². The van der Waals surface area contributed by atoms with Gasteiger partial charge in [0.25, 0.3) is 0 Å². The maximum absolute atomic E-state index is 12.5. The summed E-state index contributed by atoms with van der Waals surface area (Å²) in [7, 11) is 1.82. The normalized spacial score (nSPS) is 19.9. The summed E-state index contributed by atoms with van der Waals surface area (Å²) in [5.41, 5.74) is 2.94. The van der Waals surface area contributed by atoms with Crippen molar-refractivity contribution in [3.05, 3.63) is 41.1 Å². The Hall–Kier alpha value is -2.41. The van der Waals surface area contributed by atoms with Gasteiger partial charge in [0.05, 0.1) is 18.2 Å². The number of anilines is 1. The van der Waals surface area contributed by atoms with Crippen LogP contribution in [-0.4, -0.2) is 35.5 Å². The number of amides is 1. The fourth-order valence-corrected chi connectivity index (χ4v) is 3.16. The number of thiocarbonyl (C=S) groups is 1. The topological polar surface area (TPSA) is 70.7 Å². The number of carbonyl (C=O) groups is 2. The van der Waals surface area contributed by atoms with Crippen LogP contribution >= 0.6 is 12.2 Å². The highest BCUT2D eigenvalue weighted by Crippen LogP contribution is 2.32. The minimum atomic E-state index is -0.383. The van der Waals surface area contributed by atoms with Crippen LogP contribution in [-0.2, 0) is 14.3 Å². The summed E-state index contributed by atoms with van der Waals surface area (Å²) in [5.74, 6) is -0.133. The number of nitrogens with one attached hydrogen (secondary N) is 2. The van der Waals surface area contributed by atoms with Gasteiger partial charge in [0.15, 0.2) is 5.11 Å². The van der Waals surface area contributed by atoms with Gasteiger partial charge in [-0.1, -0.05) is 12.1 Å². The highest BCUT2D eigenvalue weighted by atomic mass is 32.1. The molecule has 3 rings (SSSR count). The molecule has 6 nitrogen and oxygen atoms in total. The fourth-order valence-electron chi connectivity index (χ4n) is 2.91. The molecule has 0 unspecified atom stereocenters. The van der Waals surface area contributed by atoms with Crippen molar-refractivity contribution in [2.75, 3.05) is 19.0 Å². The number of esters is 1. The zero-order valence-corrected chi connectivity index (χ0v) is 16.0.